The second kappa shape index (κ2) is 5.59. The van der Waals surface area contributed by atoms with Gasteiger partial charge in [-0.1, -0.05) is 24.3 Å². The lowest BCUT2D eigenvalue weighted by atomic mass is 10.1. The molecule has 0 spiro atoms. The molecule has 0 radical (unpaired) electrons. The van der Waals surface area contributed by atoms with Gasteiger partial charge in [0, 0.05) is 22.8 Å². The zero-order valence-corrected chi connectivity index (χ0v) is 11.9. The number of carbonyl (C=O) groups is 1. The maximum absolute atomic E-state index is 12.3. The van der Waals surface area contributed by atoms with Crippen LogP contribution in [0.15, 0.2) is 53.4 Å². The molecular weight excluding hydrogens is 268 g/mol. The van der Waals surface area contributed by atoms with Crippen molar-refractivity contribution in [3.8, 4) is 0 Å². The first-order chi connectivity index (χ1) is 9.74. The molecule has 0 aliphatic carbocycles. The highest BCUT2D eigenvalue weighted by molar-refractivity contribution is 7.99. The van der Waals surface area contributed by atoms with E-state index in [4.69, 9.17) is 5.73 Å². The first kappa shape index (κ1) is 13.1. The smallest absolute Gasteiger partial charge is 0.228 e. The Hall–Kier alpha value is -1.94. The van der Waals surface area contributed by atoms with Crippen molar-refractivity contribution >= 4 is 29.0 Å². The molecular formula is C16H16N2OS. The molecule has 2 aromatic carbocycles. The largest absolute Gasteiger partial charge is 0.399 e. The van der Waals surface area contributed by atoms with Gasteiger partial charge in [-0.05, 0) is 29.8 Å². The van der Waals surface area contributed by atoms with E-state index in [1.165, 1.54) is 4.90 Å². The molecule has 2 aromatic rings. The predicted octanol–water partition coefficient (Wildman–Crippen LogP) is 3.30. The fraction of sp³-hybridized carbons (Fsp3) is 0.188. The third-order valence-electron chi connectivity index (χ3n) is 3.35. The van der Waals surface area contributed by atoms with Crippen LogP contribution in [0, 0.1) is 0 Å². The van der Waals surface area contributed by atoms with Crippen molar-refractivity contribution in [2.75, 3.05) is 16.4 Å². The highest BCUT2D eigenvalue weighted by Gasteiger charge is 2.22. The highest BCUT2D eigenvalue weighted by atomic mass is 32.2. The van der Waals surface area contributed by atoms with Crippen LogP contribution in [0.1, 0.15) is 12.0 Å². The number of nitrogen functional groups attached to an aromatic ring is 1. The highest BCUT2D eigenvalue weighted by Crippen LogP contribution is 2.34. The normalized spacial score (nSPS) is 14.8. The Labute approximate surface area is 122 Å². The van der Waals surface area contributed by atoms with Crippen molar-refractivity contribution in [2.45, 2.75) is 17.9 Å². The summed E-state index contributed by atoms with van der Waals surface area (Å²) in [5.41, 5.74) is 8.55. The quantitative estimate of drug-likeness (QED) is 0.861. The second-order valence-electron chi connectivity index (χ2n) is 4.79. The van der Waals surface area contributed by atoms with E-state index in [2.05, 4.69) is 6.07 Å². The second-order valence-corrected chi connectivity index (χ2v) is 5.92. The molecule has 1 aliphatic rings. The maximum atomic E-state index is 12.3. The molecule has 3 nitrogen and oxygen atoms in total. The number of hydrogen-bond acceptors (Lipinski definition) is 3. The topological polar surface area (TPSA) is 46.3 Å². The first-order valence-corrected chi connectivity index (χ1v) is 7.59. The lowest BCUT2D eigenvalue weighted by molar-refractivity contribution is -0.118. The third-order valence-corrected chi connectivity index (χ3v) is 4.42. The fourth-order valence-corrected chi connectivity index (χ4v) is 3.30. The number of fused-ring (bicyclic) bond motifs is 1. The van der Waals surface area contributed by atoms with Crippen LogP contribution in [0.2, 0.25) is 0 Å². The van der Waals surface area contributed by atoms with E-state index in [0.717, 1.165) is 22.7 Å². The summed E-state index contributed by atoms with van der Waals surface area (Å²) in [5.74, 6) is 1.02. The summed E-state index contributed by atoms with van der Waals surface area (Å²) in [6, 6.07) is 15.8. The van der Waals surface area contributed by atoms with E-state index in [-0.39, 0.29) is 5.91 Å². The molecule has 4 heteroatoms. The van der Waals surface area contributed by atoms with Crippen LogP contribution in [-0.4, -0.2) is 11.7 Å². The number of benzene rings is 2. The zero-order chi connectivity index (χ0) is 13.9. The van der Waals surface area contributed by atoms with Gasteiger partial charge in [0.05, 0.1) is 12.2 Å². The molecule has 0 fully saturated rings. The van der Waals surface area contributed by atoms with Crippen molar-refractivity contribution < 1.29 is 4.79 Å². The Balaban J connectivity index is 1.94. The zero-order valence-electron chi connectivity index (χ0n) is 11.1. The molecule has 1 heterocycles. The average Bonchev–Trinajstić information content (AvgIpc) is 2.62. The minimum atomic E-state index is 0.180. The van der Waals surface area contributed by atoms with Crippen molar-refractivity contribution in [1.82, 2.24) is 0 Å². The van der Waals surface area contributed by atoms with Gasteiger partial charge in [0.15, 0.2) is 0 Å². The number of carbonyl (C=O) groups excluding carboxylic acids is 1. The standard InChI is InChI=1S/C16H16N2OS/c17-13-7-5-12(6-8-13)11-18-14-3-1-2-4-15(14)20-10-9-16(18)19/h1-8H,9-11,17H2. The number of anilines is 2. The molecule has 0 saturated heterocycles. The summed E-state index contributed by atoms with van der Waals surface area (Å²) in [5, 5.41) is 0. The van der Waals surface area contributed by atoms with E-state index in [0.29, 0.717) is 13.0 Å². The Morgan fingerprint density at radius 2 is 1.85 bits per heavy atom. The lowest BCUT2D eigenvalue weighted by Gasteiger charge is -2.22. The molecule has 1 aliphatic heterocycles. The first-order valence-electron chi connectivity index (χ1n) is 6.60. The van der Waals surface area contributed by atoms with Crippen LogP contribution in [0.4, 0.5) is 11.4 Å². The van der Waals surface area contributed by atoms with Gasteiger partial charge < -0.3 is 10.6 Å². The van der Waals surface area contributed by atoms with E-state index < -0.39 is 0 Å². The molecule has 20 heavy (non-hydrogen) atoms. The average molecular weight is 284 g/mol. The van der Waals surface area contributed by atoms with Gasteiger partial charge in [-0.15, -0.1) is 11.8 Å². The van der Waals surface area contributed by atoms with E-state index >= 15 is 0 Å². The molecule has 0 atom stereocenters. The van der Waals surface area contributed by atoms with Crippen LogP contribution in [0.25, 0.3) is 0 Å². The molecule has 0 aromatic heterocycles. The fourth-order valence-electron chi connectivity index (χ4n) is 2.30. The molecule has 3 rings (SSSR count). The van der Waals surface area contributed by atoms with Crippen molar-refractivity contribution in [2.24, 2.45) is 0 Å². The maximum Gasteiger partial charge on any atom is 0.228 e. The van der Waals surface area contributed by atoms with Gasteiger partial charge in [-0.3, -0.25) is 4.79 Å². The van der Waals surface area contributed by atoms with Crippen LogP contribution >= 0.6 is 11.8 Å². The Morgan fingerprint density at radius 1 is 1.10 bits per heavy atom. The van der Waals surface area contributed by atoms with Gasteiger partial charge in [-0.25, -0.2) is 0 Å². The van der Waals surface area contributed by atoms with Gasteiger partial charge in [0.2, 0.25) is 5.91 Å². The van der Waals surface area contributed by atoms with Crippen molar-refractivity contribution in [3.05, 3.63) is 54.1 Å². The van der Waals surface area contributed by atoms with Gasteiger partial charge >= 0.3 is 0 Å². The van der Waals surface area contributed by atoms with E-state index in [1.54, 1.807) is 11.8 Å². The Kier molecular flexibility index (Phi) is 3.65. The number of nitrogens with zero attached hydrogens (tertiary/aromatic N) is 1. The number of nitrogens with two attached hydrogens (primary N) is 1. The van der Waals surface area contributed by atoms with E-state index in [9.17, 15) is 4.79 Å². The Bertz CT molecular complexity index is 625. The van der Waals surface area contributed by atoms with Crippen molar-refractivity contribution in [3.63, 3.8) is 0 Å². The summed E-state index contributed by atoms with van der Waals surface area (Å²) in [7, 11) is 0. The van der Waals surface area contributed by atoms with Crippen LogP contribution in [0.5, 0.6) is 0 Å². The molecule has 102 valence electrons. The van der Waals surface area contributed by atoms with Crippen LogP contribution < -0.4 is 10.6 Å². The molecule has 0 saturated carbocycles. The van der Waals surface area contributed by atoms with Crippen LogP contribution in [0.3, 0.4) is 0 Å². The third kappa shape index (κ3) is 2.65. The Morgan fingerprint density at radius 3 is 2.65 bits per heavy atom. The number of amides is 1. The summed E-state index contributed by atoms with van der Waals surface area (Å²) in [4.78, 5) is 15.4. The monoisotopic (exact) mass is 284 g/mol. The summed E-state index contributed by atoms with van der Waals surface area (Å²) < 4.78 is 0. The number of hydrogen-bond donors (Lipinski definition) is 1. The van der Waals surface area contributed by atoms with Gasteiger partial charge in [0.1, 0.15) is 0 Å². The predicted molar refractivity (Wildman–Crippen MR) is 83.8 cm³/mol. The molecule has 1 amide bonds. The number of thioether (sulfide) groups is 1. The number of rotatable bonds is 2. The SMILES string of the molecule is Nc1ccc(CN2C(=O)CCSc3ccccc32)cc1. The lowest BCUT2D eigenvalue weighted by Crippen LogP contribution is -2.29. The summed E-state index contributed by atoms with van der Waals surface area (Å²) in [6.45, 7) is 0.594. The minimum absolute atomic E-state index is 0.180. The van der Waals surface area contributed by atoms with Gasteiger partial charge in [0.25, 0.3) is 0 Å². The molecule has 2 N–H and O–H groups in total. The molecule has 0 unspecified atom stereocenters. The molecule has 0 bridgehead atoms. The summed E-state index contributed by atoms with van der Waals surface area (Å²) in [6.07, 6.45) is 0.578. The minimum Gasteiger partial charge on any atom is -0.399 e. The van der Waals surface area contributed by atoms with Crippen LogP contribution in [-0.2, 0) is 11.3 Å². The summed E-state index contributed by atoms with van der Waals surface area (Å²) >= 11 is 1.75. The number of para-hydroxylation sites is 1. The van der Waals surface area contributed by atoms with E-state index in [1.807, 2.05) is 47.4 Å². The van der Waals surface area contributed by atoms with Gasteiger partial charge in [-0.2, -0.15) is 0 Å². The van der Waals surface area contributed by atoms with Crippen molar-refractivity contribution in [1.29, 1.82) is 0 Å².